The van der Waals surface area contributed by atoms with E-state index in [1.165, 1.54) is 18.6 Å². The maximum Gasteiger partial charge on any atom is 0.341 e. The summed E-state index contributed by atoms with van der Waals surface area (Å²) in [5.41, 5.74) is 1.27. The average Bonchev–Trinajstić information content (AvgIpc) is 3.00. The number of carbonyl (C=O) groups is 2. The highest BCUT2D eigenvalue weighted by Crippen LogP contribution is 2.10. The van der Waals surface area contributed by atoms with Crippen molar-refractivity contribution in [3.8, 4) is 0 Å². The van der Waals surface area contributed by atoms with Gasteiger partial charge in [0.15, 0.2) is 6.61 Å². The Kier molecular flexibility index (Phi) is 4.55. The van der Waals surface area contributed by atoms with Crippen molar-refractivity contribution in [2.24, 2.45) is 0 Å². The first-order valence-corrected chi connectivity index (χ1v) is 6.20. The molecular weight excluding hydrogens is 258 g/mol. The normalized spacial score (nSPS) is 11.7. The van der Waals surface area contributed by atoms with E-state index in [0.717, 1.165) is 5.56 Å². The molecule has 0 aliphatic heterocycles. The summed E-state index contributed by atoms with van der Waals surface area (Å²) in [5, 5.41) is 2.76. The minimum Gasteiger partial charge on any atom is -0.472 e. The predicted molar refractivity (Wildman–Crippen MR) is 72.0 cm³/mol. The van der Waals surface area contributed by atoms with Gasteiger partial charge in [-0.15, -0.1) is 0 Å². The van der Waals surface area contributed by atoms with E-state index in [1.807, 2.05) is 37.3 Å². The molecule has 0 saturated heterocycles. The molecule has 1 aromatic carbocycles. The molecule has 1 aromatic heterocycles. The van der Waals surface area contributed by atoms with Gasteiger partial charge in [-0.2, -0.15) is 0 Å². The van der Waals surface area contributed by atoms with Gasteiger partial charge in [0.05, 0.1) is 17.9 Å². The summed E-state index contributed by atoms with van der Waals surface area (Å²) < 4.78 is 9.64. The number of amides is 1. The van der Waals surface area contributed by atoms with Gasteiger partial charge in [-0.1, -0.05) is 30.3 Å². The zero-order valence-corrected chi connectivity index (χ0v) is 11.0. The van der Waals surface area contributed by atoms with Crippen LogP contribution in [0.3, 0.4) is 0 Å². The van der Waals surface area contributed by atoms with Crippen molar-refractivity contribution in [1.82, 2.24) is 5.32 Å². The molecular formula is C15H15NO4. The maximum atomic E-state index is 11.7. The van der Waals surface area contributed by atoms with E-state index < -0.39 is 5.97 Å². The molecule has 1 atom stereocenters. The van der Waals surface area contributed by atoms with Gasteiger partial charge in [0.25, 0.3) is 5.91 Å². The number of hydrogen-bond acceptors (Lipinski definition) is 4. The van der Waals surface area contributed by atoms with Crippen LogP contribution in [0.25, 0.3) is 0 Å². The van der Waals surface area contributed by atoms with E-state index in [0.29, 0.717) is 0 Å². The molecule has 2 aromatic rings. The van der Waals surface area contributed by atoms with E-state index in [1.54, 1.807) is 0 Å². The van der Waals surface area contributed by atoms with Gasteiger partial charge in [-0.3, -0.25) is 4.79 Å². The predicted octanol–water partition coefficient (Wildman–Crippen LogP) is 2.31. The van der Waals surface area contributed by atoms with Crippen molar-refractivity contribution in [3.63, 3.8) is 0 Å². The lowest BCUT2D eigenvalue weighted by atomic mass is 10.1. The highest BCUT2D eigenvalue weighted by molar-refractivity contribution is 5.90. The molecule has 0 aliphatic rings. The van der Waals surface area contributed by atoms with Crippen LogP contribution in [-0.4, -0.2) is 18.5 Å². The lowest BCUT2D eigenvalue weighted by Gasteiger charge is -2.14. The van der Waals surface area contributed by atoms with E-state index in [-0.39, 0.29) is 24.1 Å². The second kappa shape index (κ2) is 6.56. The summed E-state index contributed by atoms with van der Waals surface area (Å²) in [6, 6.07) is 10.9. The van der Waals surface area contributed by atoms with Gasteiger partial charge in [-0.05, 0) is 18.6 Å². The Hall–Kier alpha value is -2.56. The van der Waals surface area contributed by atoms with Crippen LogP contribution in [-0.2, 0) is 9.53 Å². The van der Waals surface area contributed by atoms with Gasteiger partial charge in [-0.25, -0.2) is 4.79 Å². The first-order valence-electron chi connectivity index (χ1n) is 6.20. The third kappa shape index (κ3) is 3.71. The first kappa shape index (κ1) is 13.9. The monoisotopic (exact) mass is 273 g/mol. The SMILES string of the molecule is C[C@@H](NC(=O)COC(=O)c1ccoc1)c1ccccc1. The average molecular weight is 273 g/mol. The molecule has 0 saturated carbocycles. The summed E-state index contributed by atoms with van der Waals surface area (Å²) in [4.78, 5) is 23.2. The van der Waals surface area contributed by atoms with Crippen LogP contribution in [0.1, 0.15) is 28.9 Å². The fraction of sp³-hybridized carbons (Fsp3) is 0.200. The number of ether oxygens (including phenoxy) is 1. The molecule has 2 rings (SSSR count). The Morgan fingerprint density at radius 2 is 2.00 bits per heavy atom. The van der Waals surface area contributed by atoms with Gasteiger partial charge in [0.2, 0.25) is 0 Å². The quantitative estimate of drug-likeness (QED) is 0.849. The van der Waals surface area contributed by atoms with Gasteiger partial charge < -0.3 is 14.5 Å². The summed E-state index contributed by atoms with van der Waals surface area (Å²) in [6.07, 6.45) is 2.64. The van der Waals surface area contributed by atoms with Crippen LogP contribution in [0.5, 0.6) is 0 Å². The topological polar surface area (TPSA) is 68.5 Å². The molecule has 0 radical (unpaired) electrons. The van der Waals surface area contributed by atoms with E-state index in [9.17, 15) is 9.59 Å². The standard InChI is InChI=1S/C15H15NO4/c1-11(12-5-3-2-4-6-12)16-14(17)10-20-15(18)13-7-8-19-9-13/h2-9,11H,10H2,1H3,(H,16,17)/t11-/m1/s1. The molecule has 1 amide bonds. The summed E-state index contributed by atoms with van der Waals surface area (Å²) in [5.74, 6) is -0.931. The van der Waals surface area contributed by atoms with Gasteiger partial charge in [0.1, 0.15) is 6.26 Å². The lowest BCUT2D eigenvalue weighted by Crippen LogP contribution is -2.31. The zero-order valence-electron chi connectivity index (χ0n) is 11.0. The second-order valence-electron chi connectivity index (χ2n) is 4.29. The van der Waals surface area contributed by atoms with Crippen LogP contribution >= 0.6 is 0 Å². The molecule has 0 unspecified atom stereocenters. The van der Waals surface area contributed by atoms with Gasteiger partial charge in [0, 0.05) is 0 Å². The van der Waals surface area contributed by atoms with Gasteiger partial charge >= 0.3 is 5.97 Å². The number of esters is 1. The van der Waals surface area contributed by atoms with E-state index in [2.05, 4.69) is 5.32 Å². The lowest BCUT2D eigenvalue weighted by molar-refractivity contribution is -0.124. The molecule has 20 heavy (non-hydrogen) atoms. The summed E-state index contributed by atoms with van der Waals surface area (Å²) in [7, 11) is 0. The number of benzene rings is 1. The molecule has 5 nitrogen and oxygen atoms in total. The Morgan fingerprint density at radius 1 is 1.25 bits per heavy atom. The van der Waals surface area contributed by atoms with Crippen LogP contribution in [0, 0.1) is 0 Å². The summed E-state index contributed by atoms with van der Waals surface area (Å²) >= 11 is 0. The Morgan fingerprint density at radius 3 is 2.65 bits per heavy atom. The molecule has 104 valence electrons. The Labute approximate surface area is 116 Å². The fourth-order valence-corrected chi connectivity index (χ4v) is 1.70. The summed E-state index contributed by atoms with van der Waals surface area (Å²) in [6.45, 7) is 1.55. The molecule has 1 N–H and O–H groups in total. The molecule has 0 aliphatic carbocycles. The first-order chi connectivity index (χ1) is 9.66. The highest BCUT2D eigenvalue weighted by atomic mass is 16.5. The largest absolute Gasteiger partial charge is 0.472 e. The van der Waals surface area contributed by atoms with Crippen LogP contribution in [0.4, 0.5) is 0 Å². The number of nitrogens with one attached hydrogen (secondary N) is 1. The minimum absolute atomic E-state index is 0.142. The van der Waals surface area contributed by atoms with Crippen LogP contribution in [0.15, 0.2) is 53.3 Å². The third-order valence-electron chi connectivity index (χ3n) is 2.77. The van der Waals surface area contributed by atoms with E-state index in [4.69, 9.17) is 9.15 Å². The minimum atomic E-state index is -0.582. The van der Waals surface area contributed by atoms with Crippen LogP contribution in [0.2, 0.25) is 0 Å². The molecule has 0 spiro atoms. The molecule has 1 heterocycles. The third-order valence-corrected chi connectivity index (χ3v) is 2.77. The number of furan rings is 1. The van der Waals surface area contributed by atoms with Crippen molar-refractivity contribution >= 4 is 11.9 Å². The number of hydrogen-bond donors (Lipinski definition) is 1. The number of rotatable bonds is 5. The highest BCUT2D eigenvalue weighted by Gasteiger charge is 2.13. The van der Waals surface area contributed by atoms with Crippen molar-refractivity contribution < 1.29 is 18.7 Å². The fourth-order valence-electron chi connectivity index (χ4n) is 1.70. The molecule has 5 heteroatoms. The second-order valence-corrected chi connectivity index (χ2v) is 4.29. The van der Waals surface area contributed by atoms with Crippen molar-refractivity contribution in [1.29, 1.82) is 0 Å². The zero-order chi connectivity index (χ0) is 14.4. The Balaban J connectivity index is 1.80. The van der Waals surface area contributed by atoms with Crippen molar-refractivity contribution in [2.45, 2.75) is 13.0 Å². The maximum absolute atomic E-state index is 11.7. The smallest absolute Gasteiger partial charge is 0.341 e. The van der Waals surface area contributed by atoms with Crippen LogP contribution < -0.4 is 5.32 Å². The Bertz CT molecular complexity index is 563. The molecule has 0 fully saturated rings. The molecule has 0 bridgehead atoms. The van der Waals surface area contributed by atoms with Crippen molar-refractivity contribution in [2.75, 3.05) is 6.61 Å². The van der Waals surface area contributed by atoms with Crippen molar-refractivity contribution in [3.05, 3.63) is 60.1 Å². The van der Waals surface area contributed by atoms with E-state index >= 15 is 0 Å². The number of carbonyl (C=O) groups excluding carboxylic acids is 2.